The number of benzene rings is 1. The number of halogens is 2. The highest BCUT2D eigenvalue weighted by atomic mass is 35.5. The molecule has 0 radical (unpaired) electrons. The summed E-state index contributed by atoms with van der Waals surface area (Å²) in [5.74, 6) is -0.837. The molecule has 0 atom stereocenters. The predicted octanol–water partition coefficient (Wildman–Crippen LogP) is 3.89. The van der Waals surface area contributed by atoms with Crippen molar-refractivity contribution >= 4 is 47.1 Å². The van der Waals surface area contributed by atoms with Crippen molar-refractivity contribution in [3.05, 3.63) is 69.5 Å². The highest BCUT2D eigenvalue weighted by Crippen LogP contribution is 2.40. The molecular formula is C21H22ClFN4OS. The molecule has 0 unspecified atom stereocenters. The van der Waals surface area contributed by atoms with Gasteiger partial charge in [-0.25, -0.2) is 4.39 Å². The van der Waals surface area contributed by atoms with Gasteiger partial charge in [0.25, 0.3) is 0 Å². The molecule has 5 nitrogen and oxygen atoms in total. The van der Waals surface area contributed by atoms with Crippen molar-refractivity contribution in [1.82, 2.24) is 9.80 Å². The number of amides is 1. The molecule has 152 valence electrons. The van der Waals surface area contributed by atoms with E-state index >= 15 is 4.39 Å². The summed E-state index contributed by atoms with van der Waals surface area (Å²) in [6, 6.07) is 5.18. The highest BCUT2D eigenvalue weighted by molar-refractivity contribution is 7.84. The molecule has 1 amide bonds. The van der Waals surface area contributed by atoms with Crippen LogP contribution in [0, 0.1) is 12.3 Å². The topological polar surface area (TPSA) is 73.4 Å². The summed E-state index contributed by atoms with van der Waals surface area (Å²) in [5, 5.41) is 9.00. The fourth-order valence-corrected chi connectivity index (χ4v) is 4.06. The Morgan fingerprint density at radius 2 is 1.93 bits per heavy atom. The second kappa shape index (κ2) is 8.47. The number of nitrogens with two attached hydrogens (primary N) is 1. The van der Waals surface area contributed by atoms with E-state index in [-0.39, 0.29) is 22.2 Å². The molecule has 8 heteroatoms. The molecule has 0 saturated carbocycles. The molecule has 0 spiro atoms. The van der Waals surface area contributed by atoms with Gasteiger partial charge in [0.15, 0.2) is 5.83 Å². The van der Waals surface area contributed by atoms with E-state index in [1.165, 1.54) is 6.08 Å². The lowest BCUT2D eigenvalue weighted by Crippen LogP contribution is -2.47. The van der Waals surface area contributed by atoms with Gasteiger partial charge in [0.05, 0.1) is 10.1 Å². The summed E-state index contributed by atoms with van der Waals surface area (Å²) < 4.78 is 15.2. The number of carbonyl (C=O) groups is 1. The first kappa shape index (κ1) is 21.2. The SMILES string of the molecule is C=CC(=O)N1CCN(/C(S)=C2\C=C(Cl)C(c3cc(N)ccc3C)=C(F)C2=N)CC1. The number of piperazine rings is 1. The maximum Gasteiger partial charge on any atom is 0.246 e. The number of rotatable bonds is 3. The van der Waals surface area contributed by atoms with Crippen molar-refractivity contribution in [3.63, 3.8) is 0 Å². The number of thiol groups is 1. The Morgan fingerprint density at radius 1 is 1.31 bits per heavy atom. The van der Waals surface area contributed by atoms with Gasteiger partial charge in [-0.15, -0.1) is 12.6 Å². The number of aryl methyl sites for hydroxylation is 1. The fourth-order valence-electron chi connectivity index (χ4n) is 3.39. The molecule has 1 aromatic carbocycles. The van der Waals surface area contributed by atoms with Crippen molar-refractivity contribution < 1.29 is 9.18 Å². The van der Waals surface area contributed by atoms with Crippen LogP contribution < -0.4 is 5.73 Å². The zero-order valence-corrected chi connectivity index (χ0v) is 17.7. The Labute approximate surface area is 179 Å². The number of hydrogen-bond acceptors (Lipinski definition) is 5. The van der Waals surface area contributed by atoms with Gasteiger partial charge in [-0.05, 0) is 42.3 Å². The van der Waals surface area contributed by atoms with Crippen molar-refractivity contribution in [1.29, 1.82) is 5.41 Å². The molecule has 1 aliphatic carbocycles. The Kier molecular flexibility index (Phi) is 6.19. The van der Waals surface area contributed by atoms with E-state index in [2.05, 4.69) is 19.2 Å². The number of nitrogen functional groups attached to an aromatic ring is 1. The molecule has 1 heterocycles. The van der Waals surface area contributed by atoms with Gasteiger partial charge in [-0.1, -0.05) is 24.2 Å². The van der Waals surface area contributed by atoms with E-state index in [0.29, 0.717) is 48.0 Å². The van der Waals surface area contributed by atoms with Crippen molar-refractivity contribution in [2.24, 2.45) is 0 Å². The second-order valence-electron chi connectivity index (χ2n) is 6.88. The quantitative estimate of drug-likeness (QED) is 0.385. The zero-order chi connectivity index (χ0) is 21.3. The summed E-state index contributed by atoms with van der Waals surface area (Å²) in [7, 11) is 0. The highest BCUT2D eigenvalue weighted by Gasteiger charge is 2.29. The van der Waals surface area contributed by atoms with Gasteiger partial charge < -0.3 is 15.5 Å². The van der Waals surface area contributed by atoms with Crippen LogP contribution in [0.2, 0.25) is 0 Å². The predicted molar refractivity (Wildman–Crippen MR) is 120 cm³/mol. The Bertz CT molecular complexity index is 990. The minimum atomic E-state index is -0.715. The normalized spacial score (nSPS) is 19.3. The monoisotopic (exact) mass is 432 g/mol. The summed E-state index contributed by atoms with van der Waals surface area (Å²) >= 11 is 11.0. The molecule has 0 bridgehead atoms. The van der Waals surface area contributed by atoms with Gasteiger partial charge in [0.1, 0.15) is 5.71 Å². The smallest absolute Gasteiger partial charge is 0.246 e. The van der Waals surface area contributed by atoms with E-state index in [1.54, 1.807) is 29.2 Å². The summed E-state index contributed by atoms with van der Waals surface area (Å²) in [4.78, 5) is 15.3. The molecule has 29 heavy (non-hydrogen) atoms. The maximum absolute atomic E-state index is 15.2. The first-order valence-electron chi connectivity index (χ1n) is 9.07. The van der Waals surface area contributed by atoms with Gasteiger partial charge >= 0.3 is 0 Å². The van der Waals surface area contributed by atoms with Gasteiger partial charge in [0, 0.05) is 43.0 Å². The third-order valence-electron chi connectivity index (χ3n) is 5.06. The molecule has 0 aromatic heterocycles. The second-order valence-corrected chi connectivity index (χ2v) is 7.72. The van der Waals surface area contributed by atoms with Crippen LogP contribution in [-0.2, 0) is 4.79 Å². The lowest BCUT2D eigenvalue weighted by molar-refractivity contribution is -0.127. The van der Waals surface area contributed by atoms with Crippen LogP contribution in [-0.4, -0.2) is 47.6 Å². The van der Waals surface area contributed by atoms with Gasteiger partial charge in [-0.2, -0.15) is 0 Å². The van der Waals surface area contributed by atoms with E-state index in [4.69, 9.17) is 22.7 Å². The number of nitrogens with one attached hydrogen (secondary N) is 1. The molecule has 1 aliphatic heterocycles. The largest absolute Gasteiger partial charge is 0.399 e. The lowest BCUT2D eigenvalue weighted by atomic mass is 9.91. The lowest BCUT2D eigenvalue weighted by Gasteiger charge is -2.36. The fraction of sp³-hybridized carbons (Fsp3) is 0.238. The van der Waals surface area contributed by atoms with Crippen molar-refractivity contribution in [2.45, 2.75) is 6.92 Å². The number of allylic oxidation sites excluding steroid dienone is 5. The van der Waals surface area contributed by atoms with Gasteiger partial charge in [-0.3, -0.25) is 10.2 Å². The summed E-state index contributed by atoms with van der Waals surface area (Å²) in [6.07, 6.45) is 2.85. The Morgan fingerprint density at radius 3 is 2.55 bits per heavy atom. The van der Waals surface area contributed by atoms with Crippen LogP contribution in [0.4, 0.5) is 10.1 Å². The first-order chi connectivity index (χ1) is 13.7. The van der Waals surface area contributed by atoms with E-state index in [0.717, 1.165) is 5.56 Å². The molecule has 3 rings (SSSR count). The van der Waals surface area contributed by atoms with Crippen molar-refractivity contribution in [2.75, 3.05) is 31.9 Å². The third kappa shape index (κ3) is 4.11. The summed E-state index contributed by atoms with van der Waals surface area (Å²) in [5.41, 5.74) is 7.91. The number of hydrogen-bond donors (Lipinski definition) is 3. The van der Waals surface area contributed by atoms with E-state index < -0.39 is 5.83 Å². The van der Waals surface area contributed by atoms with Crippen LogP contribution in [0.5, 0.6) is 0 Å². The van der Waals surface area contributed by atoms with Crippen LogP contribution in [0.3, 0.4) is 0 Å². The number of nitrogens with zero attached hydrogens (tertiary/aromatic N) is 2. The molecule has 2 aliphatic rings. The number of carbonyl (C=O) groups excluding carboxylic acids is 1. The average molecular weight is 433 g/mol. The Hall–Kier alpha value is -2.51. The third-order valence-corrected chi connectivity index (χ3v) is 5.88. The van der Waals surface area contributed by atoms with Crippen LogP contribution >= 0.6 is 24.2 Å². The molecule has 3 N–H and O–H groups in total. The van der Waals surface area contributed by atoms with E-state index in [9.17, 15) is 4.79 Å². The van der Waals surface area contributed by atoms with Crippen LogP contribution in [0.25, 0.3) is 5.57 Å². The van der Waals surface area contributed by atoms with Crippen LogP contribution in [0.15, 0.2) is 58.4 Å². The summed E-state index contributed by atoms with van der Waals surface area (Å²) in [6.45, 7) is 7.37. The molecule has 1 saturated heterocycles. The molecule has 1 aromatic rings. The molecular weight excluding hydrogens is 411 g/mol. The van der Waals surface area contributed by atoms with Gasteiger partial charge in [0.2, 0.25) is 5.91 Å². The molecule has 1 fully saturated rings. The minimum Gasteiger partial charge on any atom is -0.399 e. The Balaban J connectivity index is 1.92. The first-order valence-corrected chi connectivity index (χ1v) is 9.89. The average Bonchev–Trinajstić information content (AvgIpc) is 2.72. The van der Waals surface area contributed by atoms with Crippen molar-refractivity contribution in [3.8, 4) is 0 Å². The van der Waals surface area contributed by atoms with Crippen LogP contribution in [0.1, 0.15) is 11.1 Å². The zero-order valence-electron chi connectivity index (χ0n) is 16.0. The maximum atomic E-state index is 15.2. The van der Waals surface area contributed by atoms with E-state index in [1.807, 2.05) is 11.8 Å². The standard InChI is InChI=1S/C21H22ClFN4OS/c1-3-17(28)26-6-8-27(9-7-26)21(29)15-11-16(22)18(19(23)20(15)25)14-10-13(24)5-4-12(14)2/h3-5,10-11,25,29H,1,6-9,24H2,2H3/b21-15-,25-20?. The number of anilines is 1. The minimum absolute atomic E-state index is 0.123.